The van der Waals surface area contributed by atoms with E-state index < -0.39 is 11.8 Å². The predicted octanol–water partition coefficient (Wildman–Crippen LogP) is 1.52. The Hall–Kier alpha value is -2.60. The summed E-state index contributed by atoms with van der Waals surface area (Å²) < 4.78 is 2.08. The Morgan fingerprint density at radius 3 is 2.59 bits per heavy atom. The smallest absolute Gasteiger partial charge is 0.309 e. The molecule has 2 aromatic rings. The van der Waals surface area contributed by atoms with Gasteiger partial charge >= 0.3 is 11.8 Å². The number of hydrogen-bond donors (Lipinski definition) is 2. The Bertz CT molecular complexity index is 840. The lowest BCUT2D eigenvalue weighted by atomic mass is 9.98. The van der Waals surface area contributed by atoms with Crippen molar-refractivity contribution in [1.29, 1.82) is 0 Å². The second-order valence-electron chi connectivity index (χ2n) is 7.51. The molecular weight excluding hydrogens is 340 g/mol. The second-order valence-corrected chi connectivity index (χ2v) is 7.51. The molecule has 142 valence electrons. The van der Waals surface area contributed by atoms with Gasteiger partial charge in [-0.2, -0.15) is 0 Å². The zero-order chi connectivity index (χ0) is 18.8. The van der Waals surface area contributed by atoms with Gasteiger partial charge in [-0.3, -0.25) is 14.5 Å². The van der Waals surface area contributed by atoms with E-state index >= 15 is 0 Å². The molecule has 2 N–H and O–H groups in total. The van der Waals surface area contributed by atoms with E-state index in [1.54, 1.807) is 0 Å². The number of carbonyl (C=O) groups excluding carboxylic acids is 2. The molecule has 1 aromatic carbocycles. The molecule has 0 radical (unpaired) electrons. The summed E-state index contributed by atoms with van der Waals surface area (Å²) in [6, 6.07) is 12.8. The molecule has 2 heterocycles. The maximum atomic E-state index is 12.2. The van der Waals surface area contributed by atoms with Crippen LogP contribution in [-0.4, -0.2) is 40.4 Å². The highest BCUT2D eigenvalue weighted by molar-refractivity contribution is 6.35. The lowest BCUT2D eigenvalue weighted by Gasteiger charge is -2.36. The van der Waals surface area contributed by atoms with Crippen LogP contribution >= 0.6 is 0 Å². The normalized spacial score (nSPS) is 17.8. The monoisotopic (exact) mass is 366 g/mol. The molecule has 2 aliphatic rings. The maximum absolute atomic E-state index is 12.2. The molecule has 0 saturated heterocycles. The first kappa shape index (κ1) is 17.8. The summed E-state index contributed by atoms with van der Waals surface area (Å²) in [6.45, 7) is 2.18. The molecule has 1 aliphatic heterocycles. The topological polar surface area (TPSA) is 66.4 Å². The highest BCUT2D eigenvalue weighted by atomic mass is 16.2. The van der Waals surface area contributed by atoms with Crippen molar-refractivity contribution in [2.24, 2.45) is 7.05 Å². The van der Waals surface area contributed by atoms with Crippen LogP contribution in [0.2, 0.25) is 0 Å². The first-order valence-corrected chi connectivity index (χ1v) is 9.62. The van der Waals surface area contributed by atoms with Crippen LogP contribution in [-0.2, 0) is 29.6 Å². The second kappa shape index (κ2) is 7.56. The first-order valence-electron chi connectivity index (χ1n) is 9.62. The average molecular weight is 366 g/mol. The minimum absolute atomic E-state index is 0.0241. The molecule has 0 spiro atoms. The van der Waals surface area contributed by atoms with Crippen LogP contribution in [0, 0.1) is 0 Å². The van der Waals surface area contributed by atoms with E-state index in [9.17, 15) is 9.59 Å². The number of carbonyl (C=O) groups is 2. The SMILES string of the molecule is Cn1cccc1[C@@H](CNC(=O)C(=O)NC1CC1)N1CCc2ccccc2C1. The molecule has 6 nitrogen and oxygen atoms in total. The summed E-state index contributed by atoms with van der Waals surface area (Å²) in [4.78, 5) is 26.5. The fourth-order valence-electron chi connectivity index (χ4n) is 3.77. The van der Waals surface area contributed by atoms with Crippen molar-refractivity contribution in [3.63, 3.8) is 0 Å². The van der Waals surface area contributed by atoms with Gasteiger partial charge in [0.25, 0.3) is 0 Å². The molecule has 1 saturated carbocycles. The molecule has 2 amide bonds. The van der Waals surface area contributed by atoms with Gasteiger partial charge in [-0.1, -0.05) is 24.3 Å². The molecule has 1 aliphatic carbocycles. The van der Waals surface area contributed by atoms with Crippen LogP contribution in [0.25, 0.3) is 0 Å². The number of aryl methyl sites for hydroxylation is 1. The number of aromatic nitrogens is 1. The summed E-state index contributed by atoms with van der Waals surface area (Å²) in [5.74, 6) is -1.06. The molecule has 0 bridgehead atoms. The Kier molecular flexibility index (Phi) is 4.99. The number of hydrogen-bond acceptors (Lipinski definition) is 3. The number of nitrogens with zero attached hydrogens (tertiary/aromatic N) is 2. The average Bonchev–Trinajstić information content (AvgIpc) is 3.40. The quantitative estimate of drug-likeness (QED) is 0.789. The van der Waals surface area contributed by atoms with Gasteiger partial charge in [0, 0.05) is 44.6 Å². The van der Waals surface area contributed by atoms with Crippen molar-refractivity contribution in [2.45, 2.75) is 37.9 Å². The van der Waals surface area contributed by atoms with E-state index in [1.807, 2.05) is 19.3 Å². The van der Waals surface area contributed by atoms with E-state index in [2.05, 4.69) is 50.4 Å². The van der Waals surface area contributed by atoms with Gasteiger partial charge < -0.3 is 15.2 Å². The van der Waals surface area contributed by atoms with Crippen molar-refractivity contribution in [3.8, 4) is 0 Å². The minimum atomic E-state index is -0.543. The third-order valence-corrected chi connectivity index (χ3v) is 5.50. The van der Waals surface area contributed by atoms with Crippen LogP contribution < -0.4 is 10.6 Å². The van der Waals surface area contributed by atoms with E-state index in [0.29, 0.717) is 6.54 Å². The summed E-state index contributed by atoms with van der Waals surface area (Å²) in [6.07, 6.45) is 4.95. The molecule has 1 aromatic heterocycles. The highest BCUT2D eigenvalue weighted by Gasteiger charge is 2.29. The molecule has 4 rings (SSSR count). The van der Waals surface area contributed by atoms with Gasteiger partial charge in [-0.15, -0.1) is 0 Å². The Morgan fingerprint density at radius 1 is 1.11 bits per heavy atom. The third kappa shape index (κ3) is 4.06. The number of benzene rings is 1. The van der Waals surface area contributed by atoms with Crippen molar-refractivity contribution in [2.75, 3.05) is 13.1 Å². The van der Waals surface area contributed by atoms with Gasteiger partial charge in [0.05, 0.1) is 6.04 Å². The fraction of sp³-hybridized carbons (Fsp3) is 0.429. The largest absolute Gasteiger partial charge is 0.353 e. The van der Waals surface area contributed by atoms with Crippen molar-refractivity contribution in [3.05, 3.63) is 59.4 Å². The van der Waals surface area contributed by atoms with Gasteiger partial charge in [-0.05, 0) is 42.5 Å². The van der Waals surface area contributed by atoms with Gasteiger partial charge in [0.1, 0.15) is 0 Å². The van der Waals surface area contributed by atoms with E-state index in [-0.39, 0.29) is 12.1 Å². The summed E-state index contributed by atoms with van der Waals surface area (Å²) >= 11 is 0. The lowest BCUT2D eigenvalue weighted by molar-refractivity contribution is -0.139. The van der Waals surface area contributed by atoms with Crippen LogP contribution in [0.4, 0.5) is 0 Å². The maximum Gasteiger partial charge on any atom is 0.309 e. The number of amides is 2. The Labute approximate surface area is 159 Å². The Balaban J connectivity index is 1.47. The zero-order valence-corrected chi connectivity index (χ0v) is 15.6. The predicted molar refractivity (Wildman–Crippen MR) is 103 cm³/mol. The Morgan fingerprint density at radius 2 is 1.89 bits per heavy atom. The van der Waals surface area contributed by atoms with Crippen LogP contribution in [0.5, 0.6) is 0 Å². The zero-order valence-electron chi connectivity index (χ0n) is 15.6. The molecule has 1 fully saturated rings. The lowest BCUT2D eigenvalue weighted by Crippen LogP contribution is -2.45. The van der Waals surface area contributed by atoms with Crippen LogP contribution in [0.1, 0.15) is 35.7 Å². The van der Waals surface area contributed by atoms with Gasteiger partial charge in [0.15, 0.2) is 0 Å². The van der Waals surface area contributed by atoms with Crippen molar-refractivity contribution in [1.82, 2.24) is 20.1 Å². The minimum Gasteiger partial charge on any atom is -0.353 e. The molecular formula is C21H26N4O2. The molecule has 1 atom stereocenters. The van der Waals surface area contributed by atoms with Crippen molar-refractivity contribution >= 4 is 11.8 Å². The summed E-state index contributed by atoms with van der Waals surface area (Å²) in [5, 5.41) is 5.59. The first-order chi connectivity index (χ1) is 13.1. The summed E-state index contributed by atoms with van der Waals surface area (Å²) in [7, 11) is 2.02. The van der Waals surface area contributed by atoms with E-state index in [0.717, 1.165) is 38.0 Å². The molecule has 6 heteroatoms. The fourth-order valence-corrected chi connectivity index (χ4v) is 3.77. The number of fused-ring (bicyclic) bond motifs is 1. The standard InChI is InChI=1S/C21H26N4O2/c1-24-11-4-7-18(24)19(13-22-20(26)21(27)23-17-8-9-17)25-12-10-15-5-2-3-6-16(15)14-25/h2-7,11,17,19H,8-10,12-14H2,1H3,(H,22,26)(H,23,27)/t19-/m1/s1. The number of rotatable bonds is 5. The van der Waals surface area contributed by atoms with Crippen LogP contribution in [0.3, 0.4) is 0 Å². The third-order valence-electron chi connectivity index (χ3n) is 5.50. The number of nitrogens with one attached hydrogen (secondary N) is 2. The molecule has 0 unspecified atom stereocenters. The van der Waals surface area contributed by atoms with Crippen LogP contribution in [0.15, 0.2) is 42.6 Å². The van der Waals surface area contributed by atoms with E-state index in [1.165, 1.54) is 11.1 Å². The van der Waals surface area contributed by atoms with Gasteiger partial charge in [-0.25, -0.2) is 0 Å². The summed E-state index contributed by atoms with van der Waals surface area (Å²) in [5.41, 5.74) is 3.87. The van der Waals surface area contributed by atoms with Gasteiger partial charge in [0.2, 0.25) is 0 Å². The van der Waals surface area contributed by atoms with E-state index in [4.69, 9.17) is 0 Å². The molecule has 27 heavy (non-hydrogen) atoms. The van der Waals surface area contributed by atoms with Crippen molar-refractivity contribution < 1.29 is 9.59 Å². The highest BCUT2D eigenvalue weighted by Crippen LogP contribution is 2.27.